The standard InChI is InChI=1S/C11H11N3O2S/c1-2-16-11(15)13-10-14(7-8-17-10)9-5-3-4-6-12-9/h3-8H,2H2,1H3. The van der Waals surface area contributed by atoms with Crippen molar-refractivity contribution in [2.75, 3.05) is 6.61 Å². The topological polar surface area (TPSA) is 56.5 Å². The zero-order valence-electron chi connectivity index (χ0n) is 9.24. The van der Waals surface area contributed by atoms with Crippen molar-refractivity contribution in [1.82, 2.24) is 9.55 Å². The molecule has 0 aliphatic carbocycles. The van der Waals surface area contributed by atoms with Crippen LogP contribution in [0.2, 0.25) is 0 Å². The molecule has 2 heterocycles. The molecule has 0 radical (unpaired) electrons. The first-order valence-electron chi connectivity index (χ1n) is 5.10. The van der Waals surface area contributed by atoms with Gasteiger partial charge in [-0.1, -0.05) is 6.07 Å². The minimum absolute atomic E-state index is 0.317. The van der Waals surface area contributed by atoms with Crippen molar-refractivity contribution in [1.29, 1.82) is 0 Å². The molecular formula is C11H11N3O2S. The predicted molar refractivity (Wildman–Crippen MR) is 64.0 cm³/mol. The molecule has 0 aliphatic rings. The highest BCUT2D eigenvalue weighted by Gasteiger charge is 2.02. The van der Waals surface area contributed by atoms with Gasteiger partial charge in [-0.2, -0.15) is 0 Å². The molecule has 17 heavy (non-hydrogen) atoms. The fourth-order valence-corrected chi connectivity index (χ4v) is 1.96. The van der Waals surface area contributed by atoms with E-state index in [0.29, 0.717) is 11.4 Å². The molecule has 0 saturated heterocycles. The highest BCUT2D eigenvalue weighted by Crippen LogP contribution is 2.01. The monoisotopic (exact) mass is 249 g/mol. The first-order chi connectivity index (χ1) is 8.31. The number of carbonyl (C=O) groups excluding carboxylic acids is 1. The van der Waals surface area contributed by atoms with Crippen LogP contribution in [0.25, 0.3) is 5.82 Å². The summed E-state index contributed by atoms with van der Waals surface area (Å²) < 4.78 is 6.51. The SMILES string of the molecule is CCOC(=O)N=c1sccn1-c1ccccn1. The number of aromatic nitrogens is 2. The van der Waals surface area contributed by atoms with Crippen LogP contribution in [0, 0.1) is 0 Å². The fraction of sp³-hybridized carbons (Fsp3) is 0.182. The van der Waals surface area contributed by atoms with Crippen molar-refractivity contribution >= 4 is 17.4 Å². The van der Waals surface area contributed by atoms with Crippen molar-refractivity contribution in [3.05, 3.63) is 40.8 Å². The van der Waals surface area contributed by atoms with Gasteiger partial charge in [0.15, 0.2) is 0 Å². The number of rotatable bonds is 2. The molecule has 0 saturated carbocycles. The van der Waals surface area contributed by atoms with Crippen molar-refractivity contribution in [2.45, 2.75) is 6.92 Å². The van der Waals surface area contributed by atoms with Crippen LogP contribution in [0.15, 0.2) is 41.0 Å². The Hall–Kier alpha value is -1.95. The Morgan fingerprint density at radius 3 is 3.18 bits per heavy atom. The van der Waals surface area contributed by atoms with Crippen LogP contribution >= 0.6 is 11.3 Å². The number of hydrogen-bond donors (Lipinski definition) is 0. The van der Waals surface area contributed by atoms with Gasteiger partial charge in [-0.25, -0.2) is 9.78 Å². The second kappa shape index (κ2) is 5.40. The summed E-state index contributed by atoms with van der Waals surface area (Å²) in [5, 5.41) is 1.84. The van der Waals surface area contributed by atoms with Crippen molar-refractivity contribution in [2.24, 2.45) is 4.99 Å². The smallest absolute Gasteiger partial charge is 0.436 e. The molecule has 0 aromatic carbocycles. The predicted octanol–water partition coefficient (Wildman–Crippen LogP) is 1.99. The highest BCUT2D eigenvalue weighted by molar-refractivity contribution is 7.07. The highest BCUT2D eigenvalue weighted by atomic mass is 32.1. The summed E-state index contributed by atoms with van der Waals surface area (Å²) in [4.78, 5) is 19.9. The third-order valence-corrected chi connectivity index (χ3v) is 2.70. The summed E-state index contributed by atoms with van der Waals surface area (Å²) >= 11 is 1.35. The lowest BCUT2D eigenvalue weighted by Gasteiger charge is -2.00. The largest absolute Gasteiger partial charge is 0.448 e. The third kappa shape index (κ3) is 2.79. The number of pyridine rings is 1. The second-order valence-corrected chi connectivity index (χ2v) is 3.93. The average molecular weight is 249 g/mol. The molecular weight excluding hydrogens is 238 g/mol. The molecule has 0 aliphatic heterocycles. The van der Waals surface area contributed by atoms with Crippen LogP contribution < -0.4 is 4.80 Å². The van der Waals surface area contributed by atoms with Gasteiger partial charge in [-0.3, -0.25) is 4.57 Å². The number of thiazole rings is 1. The molecule has 88 valence electrons. The van der Waals surface area contributed by atoms with Crippen LogP contribution in [0.3, 0.4) is 0 Å². The van der Waals surface area contributed by atoms with Crippen LogP contribution in [-0.2, 0) is 4.74 Å². The van der Waals surface area contributed by atoms with Gasteiger partial charge in [-0.05, 0) is 19.1 Å². The summed E-state index contributed by atoms with van der Waals surface area (Å²) in [7, 11) is 0. The number of ether oxygens (including phenoxy) is 1. The van der Waals surface area contributed by atoms with Gasteiger partial charge < -0.3 is 4.74 Å². The molecule has 0 atom stereocenters. The van der Waals surface area contributed by atoms with Gasteiger partial charge in [0.2, 0.25) is 4.80 Å². The van der Waals surface area contributed by atoms with E-state index in [2.05, 4.69) is 9.98 Å². The number of carbonyl (C=O) groups is 1. The Morgan fingerprint density at radius 2 is 2.47 bits per heavy atom. The molecule has 5 nitrogen and oxygen atoms in total. The van der Waals surface area contributed by atoms with E-state index in [0.717, 1.165) is 5.82 Å². The minimum Gasteiger partial charge on any atom is -0.448 e. The number of nitrogens with zero attached hydrogens (tertiary/aromatic N) is 3. The van der Waals surface area contributed by atoms with Crippen LogP contribution in [0.5, 0.6) is 0 Å². The van der Waals surface area contributed by atoms with E-state index in [1.165, 1.54) is 11.3 Å². The Balaban J connectivity index is 2.39. The maximum absolute atomic E-state index is 11.3. The van der Waals surface area contributed by atoms with Crippen LogP contribution in [0.1, 0.15) is 6.92 Å². The summed E-state index contributed by atoms with van der Waals surface area (Å²) in [6, 6.07) is 5.55. The molecule has 2 aromatic heterocycles. The van der Waals surface area contributed by atoms with E-state index < -0.39 is 6.09 Å². The zero-order valence-corrected chi connectivity index (χ0v) is 10.1. The molecule has 0 fully saturated rings. The molecule has 1 amide bonds. The molecule has 0 bridgehead atoms. The first-order valence-corrected chi connectivity index (χ1v) is 5.98. The molecule has 0 unspecified atom stereocenters. The van der Waals surface area contributed by atoms with Crippen LogP contribution in [-0.4, -0.2) is 22.3 Å². The zero-order chi connectivity index (χ0) is 12.1. The summed E-state index contributed by atoms with van der Waals surface area (Å²) in [6.45, 7) is 2.06. The first kappa shape index (κ1) is 11.5. The lowest BCUT2D eigenvalue weighted by atomic mass is 10.5. The number of hydrogen-bond acceptors (Lipinski definition) is 4. The quantitative estimate of drug-likeness (QED) is 0.817. The van der Waals surface area contributed by atoms with Gasteiger partial charge in [0.1, 0.15) is 5.82 Å². The van der Waals surface area contributed by atoms with Crippen molar-refractivity contribution in [3.8, 4) is 5.82 Å². The Bertz CT molecular complexity index is 559. The third-order valence-electron chi connectivity index (χ3n) is 1.94. The maximum atomic E-state index is 11.3. The van der Waals surface area contributed by atoms with E-state index in [1.807, 2.05) is 29.8 Å². The second-order valence-electron chi connectivity index (χ2n) is 3.05. The minimum atomic E-state index is -0.584. The summed E-state index contributed by atoms with van der Waals surface area (Å²) in [6.07, 6.45) is 2.92. The maximum Gasteiger partial charge on any atom is 0.436 e. The van der Waals surface area contributed by atoms with E-state index in [-0.39, 0.29) is 0 Å². The van der Waals surface area contributed by atoms with Gasteiger partial charge in [-0.15, -0.1) is 16.3 Å². The number of amides is 1. The fourth-order valence-electron chi connectivity index (χ4n) is 1.26. The van der Waals surface area contributed by atoms with Gasteiger partial charge in [0.05, 0.1) is 6.61 Å². The Morgan fingerprint density at radius 1 is 1.59 bits per heavy atom. The molecule has 2 aromatic rings. The van der Waals surface area contributed by atoms with E-state index in [4.69, 9.17) is 4.74 Å². The van der Waals surface area contributed by atoms with Crippen molar-refractivity contribution in [3.63, 3.8) is 0 Å². The van der Waals surface area contributed by atoms with E-state index in [1.54, 1.807) is 17.7 Å². The molecule has 6 heteroatoms. The average Bonchev–Trinajstić information content (AvgIpc) is 2.78. The van der Waals surface area contributed by atoms with Crippen molar-refractivity contribution < 1.29 is 9.53 Å². The molecule has 0 N–H and O–H groups in total. The Labute approximate surface area is 102 Å². The van der Waals surface area contributed by atoms with Gasteiger partial charge >= 0.3 is 6.09 Å². The summed E-state index contributed by atoms with van der Waals surface area (Å²) in [5.41, 5.74) is 0. The van der Waals surface area contributed by atoms with Gasteiger partial charge in [0.25, 0.3) is 0 Å². The lowest BCUT2D eigenvalue weighted by Crippen LogP contribution is -2.15. The Kier molecular flexibility index (Phi) is 3.66. The lowest BCUT2D eigenvalue weighted by molar-refractivity contribution is 0.162. The molecule has 0 spiro atoms. The molecule has 2 rings (SSSR count). The van der Waals surface area contributed by atoms with E-state index >= 15 is 0 Å². The van der Waals surface area contributed by atoms with Gasteiger partial charge in [0, 0.05) is 17.8 Å². The normalized spacial score (nSPS) is 11.5. The van der Waals surface area contributed by atoms with Crippen LogP contribution in [0.4, 0.5) is 4.79 Å². The summed E-state index contributed by atoms with van der Waals surface area (Å²) in [5.74, 6) is 0.719. The van der Waals surface area contributed by atoms with E-state index in [9.17, 15) is 4.79 Å².